The van der Waals surface area contributed by atoms with Crippen molar-refractivity contribution in [2.75, 3.05) is 0 Å². The summed E-state index contributed by atoms with van der Waals surface area (Å²) in [5, 5.41) is 16.3. The Morgan fingerprint density at radius 3 is 2.67 bits per heavy atom. The lowest BCUT2D eigenvalue weighted by Gasteiger charge is -2.27. The second kappa shape index (κ2) is 6.24. The van der Waals surface area contributed by atoms with Crippen molar-refractivity contribution < 1.29 is 9.90 Å². The van der Waals surface area contributed by atoms with Gasteiger partial charge in [0, 0.05) is 11.1 Å². The molecular weight excluding hydrogens is 288 g/mol. The minimum absolute atomic E-state index is 0.0490. The number of benzene rings is 1. The lowest BCUT2D eigenvalue weighted by atomic mass is 9.93. The van der Waals surface area contributed by atoms with Crippen molar-refractivity contribution in [3.05, 3.63) is 34.3 Å². The summed E-state index contributed by atoms with van der Waals surface area (Å²) in [4.78, 5) is 12.1. The van der Waals surface area contributed by atoms with E-state index in [2.05, 4.69) is 10.6 Å². The summed E-state index contributed by atoms with van der Waals surface area (Å²) in [7, 11) is 0. The number of hydrogen-bond acceptors (Lipinski definition) is 2. The molecular formula is C16H21ClN2O2. The summed E-state index contributed by atoms with van der Waals surface area (Å²) in [5.74, 6) is 0. The van der Waals surface area contributed by atoms with E-state index < -0.39 is 0 Å². The maximum absolute atomic E-state index is 12.1. The molecule has 5 heteroatoms. The van der Waals surface area contributed by atoms with Crippen molar-refractivity contribution in [3.8, 4) is 0 Å². The SMILES string of the molecule is O=C(NC1CCC(O)CC1)NC1CCc2c(Cl)cccc21. The molecule has 1 aromatic rings. The fraction of sp³-hybridized carbons (Fsp3) is 0.562. The number of urea groups is 1. The first kappa shape index (κ1) is 14.7. The number of carbonyl (C=O) groups excluding carboxylic acids is 1. The van der Waals surface area contributed by atoms with Gasteiger partial charge in [0.25, 0.3) is 0 Å². The molecule has 0 spiro atoms. The van der Waals surface area contributed by atoms with E-state index in [-0.39, 0.29) is 24.2 Å². The zero-order valence-electron chi connectivity index (χ0n) is 11.9. The second-order valence-corrected chi connectivity index (χ2v) is 6.43. The molecule has 1 fully saturated rings. The van der Waals surface area contributed by atoms with Gasteiger partial charge in [-0.2, -0.15) is 0 Å². The van der Waals surface area contributed by atoms with Crippen LogP contribution in [-0.2, 0) is 6.42 Å². The third-order valence-corrected chi connectivity index (χ3v) is 4.90. The predicted octanol–water partition coefficient (Wildman–Crippen LogP) is 2.93. The molecule has 4 nitrogen and oxygen atoms in total. The van der Waals surface area contributed by atoms with Crippen LogP contribution in [0.5, 0.6) is 0 Å². The Bertz CT molecular complexity index is 527. The molecule has 1 atom stereocenters. The molecule has 1 saturated carbocycles. The van der Waals surface area contributed by atoms with Gasteiger partial charge >= 0.3 is 6.03 Å². The molecule has 0 heterocycles. The van der Waals surface area contributed by atoms with Crippen molar-refractivity contribution in [2.24, 2.45) is 0 Å². The largest absolute Gasteiger partial charge is 0.393 e. The molecule has 0 saturated heterocycles. The molecule has 0 radical (unpaired) electrons. The minimum atomic E-state index is -0.199. The van der Waals surface area contributed by atoms with Crippen LogP contribution < -0.4 is 10.6 Å². The van der Waals surface area contributed by atoms with Crippen LogP contribution in [0.2, 0.25) is 5.02 Å². The van der Waals surface area contributed by atoms with E-state index in [0.29, 0.717) is 0 Å². The number of halogens is 1. The van der Waals surface area contributed by atoms with Crippen LogP contribution >= 0.6 is 11.6 Å². The average Bonchev–Trinajstić information content (AvgIpc) is 2.86. The van der Waals surface area contributed by atoms with Gasteiger partial charge in [0.1, 0.15) is 0 Å². The molecule has 0 aliphatic heterocycles. The van der Waals surface area contributed by atoms with Crippen LogP contribution in [0, 0.1) is 0 Å². The number of hydrogen-bond donors (Lipinski definition) is 3. The van der Waals surface area contributed by atoms with E-state index in [1.165, 1.54) is 0 Å². The molecule has 1 unspecified atom stereocenters. The third kappa shape index (κ3) is 3.33. The maximum Gasteiger partial charge on any atom is 0.315 e. The summed E-state index contributed by atoms with van der Waals surface area (Å²) in [6.07, 6.45) is 4.85. The molecule has 21 heavy (non-hydrogen) atoms. The number of nitrogens with one attached hydrogen (secondary N) is 2. The van der Waals surface area contributed by atoms with Gasteiger partial charge in [-0.05, 0) is 55.7 Å². The Labute approximate surface area is 129 Å². The van der Waals surface area contributed by atoms with Gasteiger partial charge in [0.2, 0.25) is 0 Å². The summed E-state index contributed by atoms with van der Waals surface area (Å²) in [6, 6.07) is 5.98. The van der Waals surface area contributed by atoms with E-state index in [0.717, 1.165) is 54.7 Å². The van der Waals surface area contributed by atoms with Gasteiger partial charge in [-0.25, -0.2) is 4.79 Å². The molecule has 2 aliphatic carbocycles. The molecule has 2 aliphatic rings. The summed E-state index contributed by atoms with van der Waals surface area (Å²) < 4.78 is 0. The highest BCUT2D eigenvalue weighted by Gasteiger charge is 2.27. The zero-order chi connectivity index (χ0) is 14.8. The monoisotopic (exact) mass is 308 g/mol. The summed E-state index contributed by atoms with van der Waals surface area (Å²) in [5.41, 5.74) is 2.29. The summed E-state index contributed by atoms with van der Waals surface area (Å²) in [6.45, 7) is 0. The van der Waals surface area contributed by atoms with Crippen molar-refractivity contribution in [2.45, 2.75) is 56.7 Å². The lowest BCUT2D eigenvalue weighted by Crippen LogP contribution is -2.45. The molecule has 0 aromatic heterocycles. The summed E-state index contributed by atoms with van der Waals surface area (Å²) >= 11 is 6.19. The number of amides is 2. The smallest absolute Gasteiger partial charge is 0.315 e. The number of aliphatic hydroxyl groups is 1. The molecule has 2 amide bonds. The topological polar surface area (TPSA) is 61.4 Å². The Balaban J connectivity index is 1.56. The highest BCUT2D eigenvalue weighted by atomic mass is 35.5. The number of aliphatic hydroxyl groups excluding tert-OH is 1. The van der Waals surface area contributed by atoms with Crippen molar-refractivity contribution in [3.63, 3.8) is 0 Å². The van der Waals surface area contributed by atoms with Crippen molar-refractivity contribution in [1.82, 2.24) is 10.6 Å². The predicted molar refractivity (Wildman–Crippen MR) is 82.4 cm³/mol. The fourth-order valence-electron chi connectivity index (χ4n) is 3.37. The number of fused-ring (bicyclic) bond motifs is 1. The zero-order valence-corrected chi connectivity index (χ0v) is 12.7. The molecule has 114 valence electrons. The van der Waals surface area contributed by atoms with E-state index in [4.69, 9.17) is 11.6 Å². The van der Waals surface area contributed by atoms with Crippen LogP contribution in [0.15, 0.2) is 18.2 Å². The van der Waals surface area contributed by atoms with Gasteiger partial charge in [0.15, 0.2) is 0 Å². The van der Waals surface area contributed by atoms with Crippen LogP contribution in [0.3, 0.4) is 0 Å². The molecule has 1 aromatic carbocycles. The highest BCUT2D eigenvalue weighted by Crippen LogP contribution is 2.35. The Morgan fingerprint density at radius 1 is 1.14 bits per heavy atom. The van der Waals surface area contributed by atoms with Gasteiger partial charge in [-0.15, -0.1) is 0 Å². The first-order valence-corrected chi connectivity index (χ1v) is 8.03. The number of rotatable bonds is 2. The lowest BCUT2D eigenvalue weighted by molar-refractivity contribution is 0.117. The van der Waals surface area contributed by atoms with Crippen LogP contribution in [0.4, 0.5) is 4.79 Å². The minimum Gasteiger partial charge on any atom is -0.393 e. The van der Waals surface area contributed by atoms with Gasteiger partial charge in [-0.1, -0.05) is 23.7 Å². The van der Waals surface area contributed by atoms with Crippen molar-refractivity contribution >= 4 is 17.6 Å². The van der Waals surface area contributed by atoms with Crippen LogP contribution in [0.25, 0.3) is 0 Å². The normalized spacial score (nSPS) is 28.0. The maximum atomic E-state index is 12.1. The quantitative estimate of drug-likeness (QED) is 0.786. The Morgan fingerprint density at radius 2 is 1.90 bits per heavy atom. The second-order valence-electron chi connectivity index (χ2n) is 6.02. The van der Waals surface area contributed by atoms with E-state index >= 15 is 0 Å². The average molecular weight is 309 g/mol. The van der Waals surface area contributed by atoms with E-state index in [1.54, 1.807) is 0 Å². The van der Waals surface area contributed by atoms with E-state index in [9.17, 15) is 9.90 Å². The van der Waals surface area contributed by atoms with Gasteiger partial charge < -0.3 is 15.7 Å². The van der Waals surface area contributed by atoms with Crippen LogP contribution in [0.1, 0.15) is 49.3 Å². The fourth-order valence-corrected chi connectivity index (χ4v) is 3.64. The van der Waals surface area contributed by atoms with E-state index in [1.807, 2.05) is 18.2 Å². The molecule has 3 rings (SSSR count). The van der Waals surface area contributed by atoms with Gasteiger partial charge in [-0.3, -0.25) is 0 Å². The standard InChI is InChI=1S/C16H21ClN2O2/c17-14-3-1-2-13-12(14)8-9-15(13)19-16(21)18-10-4-6-11(20)7-5-10/h1-3,10-11,15,20H,4-9H2,(H2,18,19,21). The van der Waals surface area contributed by atoms with Gasteiger partial charge in [0.05, 0.1) is 12.1 Å². The third-order valence-electron chi connectivity index (χ3n) is 4.55. The Kier molecular flexibility index (Phi) is 4.36. The Hall–Kier alpha value is -1.26. The molecule has 3 N–H and O–H groups in total. The van der Waals surface area contributed by atoms with Crippen LogP contribution in [-0.4, -0.2) is 23.3 Å². The first-order chi connectivity index (χ1) is 10.1. The highest BCUT2D eigenvalue weighted by molar-refractivity contribution is 6.31. The number of carbonyl (C=O) groups is 1. The first-order valence-electron chi connectivity index (χ1n) is 7.66. The van der Waals surface area contributed by atoms with Crippen molar-refractivity contribution in [1.29, 1.82) is 0 Å². The molecule has 0 bridgehead atoms.